The van der Waals surface area contributed by atoms with Crippen LogP contribution in [0.3, 0.4) is 0 Å². The molecular weight excluding hydrogens is 174 g/mol. The van der Waals surface area contributed by atoms with Crippen LogP contribution in [0.5, 0.6) is 0 Å². The van der Waals surface area contributed by atoms with Gasteiger partial charge in [0.2, 0.25) is 0 Å². The molecule has 0 radical (unpaired) electrons. The molecule has 1 fully saturated rings. The van der Waals surface area contributed by atoms with Gasteiger partial charge in [-0.2, -0.15) is 0 Å². The van der Waals surface area contributed by atoms with Crippen LogP contribution in [0.1, 0.15) is 33.6 Å². The first-order chi connectivity index (χ1) is 6.67. The summed E-state index contributed by atoms with van der Waals surface area (Å²) in [5.41, 5.74) is 0.380. The SMILES string of the molecule is CCNCC(COC)(C(C)C)C1CC1. The number of rotatable bonds is 7. The van der Waals surface area contributed by atoms with Crippen molar-refractivity contribution in [3.05, 3.63) is 0 Å². The Morgan fingerprint density at radius 2 is 2.07 bits per heavy atom. The van der Waals surface area contributed by atoms with E-state index in [0.29, 0.717) is 11.3 Å². The van der Waals surface area contributed by atoms with Crippen LogP contribution in [-0.4, -0.2) is 26.8 Å². The van der Waals surface area contributed by atoms with Gasteiger partial charge in [-0.25, -0.2) is 0 Å². The van der Waals surface area contributed by atoms with E-state index in [2.05, 4.69) is 26.1 Å². The van der Waals surface area contributed by atoms with E-state index in [9.17, 15) is 0 Å². The van der Waals surface area contributed by atoms with Gasteiger partial charge in [0.25, 0.3) is 0 Å². The molecular formula is C12H25NO. The van der Waals surface area contributed by atoms with E-state index in [1.54, 1.807) is 0 Å². The molecule has 1 aliphatic rings. The minimum absolute atomic E-state index is 0.380. The molecule has 1 atom stereocenters. The van der Waals surface area contributed by atoms with Crippen LogP contribution in [0, 0.1) is 17.3 Å². The molecule has 1 saturated carbocycles. The van der Waals surface area contributed by atoms with Crippen LogP contribution in [0.4, 0.5) is 0 Å². The van der Waals surface area contributed by atoms with Crippen molar-refractivity contribution in [3.63, 3.8) is 0 Å². The molecule has 2 heteroatoms. The molecule has 84 valence electrons. The monoisotopic (exact) mass is 199 g/mol. The molecule has 1 unspecified atom stereocenters. The molecule has 0 saturated heterocycles. The van der Waals surface area contributed by atoms with Crippen molar-refractivity contribution in [2.45, 2.75) is 33.6 Å². The molecule has 0 bridgehead atoms. The molecule has 1 aliphatic carbocycles. The molecule has 2 nitrogen and oxygen atoms in total. The fraction of sp³-hybridized carbons (Fsp3) is 1.00. The van der Waals surface area contributed by atoms with Gasteiger partial charge in [0.05, 0.1) is 6.61 Å². The van der Waals surface area contributed by atoms with Gasteiger partial charge in [-0.05, 0) is 31.2 Å². The molecule has 0 aromatic heterocycles. The summed E-state index contributed by atoms with van der Waals surface area (Å²) in [6.07, 6.45) is 2.79. The molecule has 0 aromatic carbocycles. The van der Waals surface area contributed by atoms with Gasteiger partial charge in [0.1, 0.15) is 0 Å². The van der Waals surface area contributed by atoms with Crippen molar-refractivity contribution in [2.75, 3.05) is 26.8 Å². The highest BCUT2D eigenvalue weighted by Crippen LogP contribution is 2.49. The summed E-state index contributed by atoms with van der Waals surface area (Å²) < 4.78 is 5.43. The molecule has 0 aromatic rings. The number of methoxy groups -OCH3 is 1. The van der Waals surface area contributed by atoms with E-state index in [1.165, 1.54) is 12.8 Å². The Morgan fingerprint density at radius 1 is 1.43 bits per heavy atom. The van der Waals surface area contributed by atoms with E-state index < -0.39 is 0 Å². The molecule has 1 rings (SSSR count). The second kappa shape index (κ2) is 5.13. The molecule has 1 N–H and O–H groups in total. The van der Waals surface area contributed by atoms with Crippen molar-refractivity contribution < 1.29 is 4.74 Å². The third-order valence-corrected chi connectivity index (χ3v) is 3.66. The zero-order valence-electron chi connectivity index (χ0n) is 10.1. The predicted octanol–water partition coefficient (Wildman–Crippen LogP) is 2.29. The second-order valence-corrected chi connectivity index (χ2v) is 4.88. The van der Waals surface area contributed by atoms with Crippen molar-refractivity contribution in [1.29, 1.82) is 0 Å². The number of hydrogen-bond acceptors (Lipinski definition) is 2. The van der Waals surface area contributed by atoms with E-state index in [1.807, 2.05) is 7.11 Å². The standard InChI is InChI=1S/C12H25NO/c1-5-13-8-12(9-14-4,10(2)3)11-6-7-11/h10-11,13H,5-9H2,1-4H3. The number of nitrogens with one attached hydrogen (secondary N) is 1. The van der Waals surface area contributed by atoms with E-state index >= 15 is 0 Å². The van der Waals surface area contributed by atoms with Gasteiger partial charge in [-0.3, -0.25) is 0 Å². The van der Waals surface area contributed by atoms with E-state index in [-0.39, 0.29) is 0 Å². The van der Waals surface area contributed by atoms with Crippen LogP contribution >= 0.6 is 0 Å². The largest absolute Gasteiger partial charge is 0.384 e. The third-order valence-electron chi connectivity index (χ3n) is 3.66. The Labute approximate surface area is 88.4 Å². The normalized spacial score (nSPS) is 21.2. The van der Waals surface area contributed by atoms with Gasteiger partial charge in [-0.1, -0.05) is 20.8 Å². The molecule has 0 spiro atoms. The maximum Gasteiger partial charge on any atom is 0.0535 e. The van der Waals surface area contributed by atoms with Gasteiger partial charge in [-0.15, -0.1) is 0 Å². The summed E-state index contributed by atoms with van der Waals surface area (Å²) in [6.45, 7) is 9.90. The average Bonchev–Trinajstić information content (AvgIpc) is 2.95. The highest BCUT2D eigenvalue weighted by molar-refractivity contribution is 4.97. The lowest BCUT2D eigenvalue weighted by Gasteiger charge is -2.37. The summed E-state index contributed by atoms with van der Waals surface area (Å²) in [4.78, 5) is 0. The first kappa shape index (κ1) is 12.0. The molecule has 14 heavy (non-hydrogen) atoms. The minimum atomic E-state index is 0.380. The number of ether oxygens (including phenoxy) is 1. The highest BCUT2D eigenvalue weighted by atomic mass is 16.5. The van der Waals surface area contributed by atoms with Crippen molar-refractivity contribution in [1.82, 2.24) is 5.32 Å². The quantitative estimate of drug-likeness (QED) is 0.679. The summed E-state index contributed by atoms with van der Waals surface area (Å²) >= 11 is 0. The zero-order chi connectivity index (χ0) is 10.6. The van der Waals surface area contributed by atoms with Crippen LogP contribution in [0.25, 0.3) is 0 Å². The minimum Gasteiger partial charge on any atom is -0.384 e. The maximum absolute atomic E-state index is 5.43. The summed E-state index contributed by atoms with van der Waals surface area (Å²) in [5.74, 6) is 1.59. The average molecular weight is 199 g/mol. The van der Waals surface area contributed by atoms with Crippen LogP contribution in [0.2, 0.25) is 0 Å². The Bertz CT molecular complexity index is 162. The third kappa shape index (κ3) is 2.48. The van der Waals surface area contributed by atoms with Crippen molar-refractivity contribution >= 4 is 0 Å². The lowest BCUT2D eigenvalue weighted by Crippen LogP contribution is -2.44. The summed E-state index contributed by atoms with van der Waals surface area (Å²) in [5, 5.41) is 3.50. The van der Waals surface area contributed by atoms with Gasteiger partial charge < -0.3 is 10.1 Å². The lowest BCUT2D eigenvalue weighted by molar-refractivity contribution is 0.0247. The van der Waals surface area contributed by atoms with E-state index in [4.69, 9.17) is 4.74 Å². The smallest absolute Gasteiger partial charge is 0.0535 e. The number of hydrogen-bond donors (Lipinski definition) is 1. The highest BCUT2D eigenvalue weighted by Gasteiger charge is 2.46. The molecule has 0 amide bonds. The first-order valence-electron chi connectivity index (χ1n) is 5.87. The fourth-order valence-corrected chi connectivity index (χ4v) is 2.44. The zero-order valence-corrected chi connectivity index (χ0v) is 10.1. The van der Waals surface area contributed by atoms with Gasteiger partial charge in [0, 0.05) is 19.1 Å². The van der Waals surface area contributed by atoms with Crippen LogP contribution in [0.15, 0.2) is 0 Å². The van der Waals surface area contributed by atoms with Crippen LogP contribution in [-0.2, 0) is 4.74 Å². The molecule has 0 aliphatic heterocycles. The van der Waals surface area contributed by atoms with Gasteiger partial charge in [0.15, 0.2) is 0 Å². The lowest BCUT2D eigenvalue weighted by atomic mass is 9.73. The first-order valence-corrected chi connectivity index (χ1v) is 5.87. The van der Waals surface area contributed by atoms with Crippen molar-refractivity contribution in [2.24, 2.45) is 17.3 Å². The predicted molar refractivity (Wildman–Crippen MR) is 60.4 cm³/mol. The molecule has 0 heterocycles. The maximum atomic E-state index is 5.43. The van der Waals surface area contributed by atoms with E-state index in [0.717, 1.165) is 25.6 Å². The Kier molecular flexibility index (Phi) is 4.39. The van der Waals surface area contributed by atoms with Crippen molar-refractivity contribution in [3.8, 4) is 0 Å². The Balaban J connectivity index is 2.62. The van der Waals surface area contributed by atoms with Gasteiger partial charge >= 0.3 is 0 Å². The summed E-state index contributed by atoms with van der Waals surface area (Å²) in [7, 11) is 1.82. The second-order valence-electron chi connectivity index (χ2n) is 4.88. The Hall–Kier alpha value is -0.0800. The van der Waals surface area contributed by atoms with Crippen LogP contribution < -0.4 is 5.32 Å². The topological polar surface area (TPSA) is 21.3 Å². The fourth-order valence-electron chi connectivity index (χ4n) is 2.44. The summed E-state index contributed by atoms with van der Waals surface area (Å²) in [6, 6.07) is 0. The Morgan fingerprint density at radius 3 is 2.43 bits per heavy atom.